The van der Waals surface area contributed by atoms with E-state index in [0.29, 0.717) is 5.56 Å². The molecule has 5 nitrogen and oxygen atoms in total. The Morgan fingerprint density at radius 1 is 1.53 bits per heavy atom. The van der Waals surface area contributed by atoms with E-state index in [2.05, 4.69) is 5.32 Å². The van der Waals surface area contributed by atoms with Crippen LogP contribution in [0.15, 0.2) is 18.2 Å². The van der Waals surface area contributed by atoms with E-state index in [9.17, 15) is 18.9 Å². The molecular weight excluding hydrogens is 234 g/mol. The Morgan fingerprint density at radius 3 is 2.71 bits per heavy atom. The normalized spacial score (nSPS) is 12.5. The van der Waals surface area contributed by atoms with Gasteiger partial charge in [0.15, 0.2) is 0 Å². The molecule has 0 amide bonds. The number of halogens is 2. The molecule has 0 aliphatic heterocycles. The second-order valence-electron chi connectivity index (χ2n) is 3.51. The summed E-state index contributed by atoms with van der Waals surface area (Å²) in [6.45, 7) is 1.11. The SMILES string of the molecule is Cc1cccc(NCC(O)C(F)F)c1[N+](=O)[O-]. The minimum atomic E-state index is -2.88. The smallest absolute Gasteiger partial charge is 0.295 e. The van der Waals surface area contributed by atoms with Crippen molar-refractivity contribution in [2.45, 2.75) is 19.5 Å². The summed E-state index contributed by atoms with van der Waals surface area (Å²) in [6, 6.07) is 4.52. The van der Waals surface area contributed by atoms with Crippen LogP contribution in [0.4, 0.5) is 20.2 Å². The van der Waals surface area contributed by atoms with E-state index < -0.39 is 24.0 Å². The van der Waals surface area contributed by atoms with Crippen molar-refractivity contribution in [3.8, 4) is 0 Å². The summed E-state index contributed by atoms with van der Waals surface area (Å²) >= 11 is 0. The van der Waals surface area contributed by atoms with Crippen LogP contribution in [0.3, 0.4) is 0 Å². The molecule has 17 heavy (non-hydrogen) atoms. The van der Waals surface area contributed by atoms with Crippen LogP contribution in [-0.4, -0.2) is 29.1 Å². The fourth-order valence-corrected chi connectivity index (χ4v) is 1.35. The van der Waals surface area contributed by atoms with E-state index in [4.69, 9.17) is 5.11 Å². The number of hydrogen-bond acceptors (Lipinski definition) is 4. The second-order valence-corrected chi connectivity index (χ2v) is 3.51. The van der Waals surface area contributed by atoms with Gasteiger partial charge in [0.2, 0.25) is 0 Å². The second kappa shape index (κ2) is 5.53. The van der Waals surface area contributed by atoms with E-state index in [-0.39, 0.29) is 11.4 Å². The maximum Gasteiger partial charge on any atom is 0.295 e. The summed E-state index contributed by atoms with van der Waals surface area (Å²) < 4.78 is 24.1. The van der Waals surface area contributed by atoms with E-state index in [1.54, 1.807) is 19.1 Å². The van der Waals surface area contributed by atoms with E-state index in [0.717, 1.165) is 0 Å². The highest BCUT2D eigenvalue weighted by molar-refractivity contribution is 5.65. The minimum Gasteiger partial charge on any atom is -0.385 e. The van der Waals surface area contributed by atoms with Gasteiger partial charge in [-0.1, -0.05) is 12.1 Å². The van der Waals surface area contributed by atoms with Crippen molar-refractivity contribution in [1.82, 2.24) is 0 Å². The van der Waals surface area contributed by atoms with Crippen LogP contribution in [-0.2, 0) is 0 Å². The zero-order valence-corrected chi connectivity index (χ0v) is 9.06. The van der Waals surface area contributed by atoms with Crippen molar-refractivity contribution < 1.29 is 18.8 Å². The largest absolute Gasteiger partial charge is 0.385 e. The van der Waals surface area contributed by atoms with E-state index >= 15 is 0 Å². The third-order valence-electron chi connectivity index (χ3n) is 2.21. The molecule has 1 rings (SSSR count). The van der Waals surface area contributed by atoms with Crippen LogP contribution in [0.1, 0.15) is 5.56 Å². The van der Waals surface area contributed by atoms with Gasteiger partial charge >= 0.3 is 0 Å². The molecule has 0 bridgehead atoms. The van der Waals surface area contributed by atoms with Crippen LogP contribution < -0.4 is 5.32 Å². The first kappa shape index (κ1) is 13.3. The van der Waals surface area contributed by atoms with Gasteiger partial charge in [0.25, 0.3) is 12.1 Å². The van der Waals surface area contributed by atoms with Gasteiger partial charge in [-0.3, -0.25) is 10.1 Å². The molecule has 0 fully saturated rings. The fraction of sp³-hybridized carbons (Fsp3) is 0.400. The average molecular weight is 246 g/mol. The number of aliphatic hydroxyl groups excluding tert-OH is 1. The first-order chi connectivity index (χ1) is 7.93. The molecule has 0 saturated carbocycles. The molecule has 7 heteroatoms. The van der Waals surface area contributed by atoms with Crippen LogP contribution in [0, 0.1) is 17.0 Å². The van der Waals surface area contributed by atoms with Crippen LogP contribution in [0.2, 0.25) is 0 Å². The maximum atomic E-state index is 12.0. The molecule has 0 heterocycles. The number of nitrogens with one attached hydrogen (secondary N) is 1. The lowest BCUT2D eigenvalue weighted by atomic mass is 10.1. The monoisotopic (exact) mass is 246 g/mol. The van der Waals surface area contributed by atoms with Crippen molar-refractivity contribution in [2.75, 3.05) is 11.9 Å². The van der Waals surface area contributed by atoms with Gasteiger partial charge in [-0.25, -0.2) is 8.78 Å². The molecule has 2 N–H and O–H groups in total. The number of rotatable bonds is 5. The van der Waals surface area contributed by atoms with Crippen LogP contribution in [0.25, 0.3) is 0 Å². The van der Waals surface area contributed by atoms with Gasteiger partial charge in [0, 0.05) is 12.1 Å². The van der Waals surface area contributed by atoms with Crippen LogP contribution in [0.5, 0.6) is 0 Å². The summed E-state index contributed by atoms with van der Waals surface area (Å²) in [5.41, 5.74) is 0.371. The van der Waals surface area contributed by atoms with E-state index in [1.165, 1.54) is 6.07 Å². The molecule has 0 aliphatic rings. The summed E-state index contributed by atoms with van der Waals surface area (Å²) in [7, 11) is 0. The highest BCUT2D eigenvalue weighted by atomic mass is 19.3. The van der Waals surface area contributed by atoms with Gasteiger partial charge < -0.3 is 10.4 Å². The molecule has 94 valence electrons. The number of nitro groups is 1. The Hall–Kier alpha value is -1.76. The predicted octanol–water partition coefficient (Wildman–Crippen LogP) is 1.94. The Balaban J connectivity index is 2.84. The van der Waals surface area contributed by atoms with Crippen molar-refractivity contribution >= 4 is 11.4 Å². The predicted molar refractivity (Wildman–Crippen MR) is 58.3 cm³/mol. The zero-order valence-electron chi connectivity index (χ0n) is 9.06. The van der Waals surface area contributed by atoms with Gasteiger partial charge in [0.05, 0.1) is 4.92 Å². The molecule has 1 aromatic rings. The molecule has 0 spiro atoms. The summed E-state index contributed by atoms with van der Waals surface area (Å²) in [5, 5.41) is 22.1. The average Bonchev–Trinajstić information content (AvgIpc) is 2.24. The standard InChI is InChI=1S/C10H12F2N2O3/c1-6-3-2-4-7(9(6)14(16)17)13-5-8(15)10(11)12/h2-4,8,10,13,15H,5H2,1H3. The Labute approximate surface area is 96.2 Å². The maximum absolute atomic E-state index is 12.0. The van der Waals surface area contributed by atoms with Gasteiger partial charge in [-0.2, -0.15) is 0 Å². The van der Waals surface area contributed by atoms with Crippen LogP contribution >= 0.6 is 0 Å². The highest BCUT2D eigenvalue weighted by Gasteiger charge is 2.20. The lowest BCUT2D eigenvalue weighted by molar-refractivity contribution is -0.384. The van der Waals surface area contributed by atoms with Gasteiger partial charge in [-0.05, 0) is 13.0 Å². The Morgan fingerprint density at radius 2 is 2.18 bits per heavy atom. The third-order valence-corrected chi connectivity index (χ3v) is 2.21. The zero-order chi connectivity index (χ0) is 13.0. The number of nitro benzene ring substituents is 1. The van der Waals surface area contributed by atoms with Crippen molar-refractivity contribution in [3.63, 3.8) is 0 Å². The van der Waals surface area contributed by atoms with Gasteiger partial charge in [-0.15, -0.1) is 0 Å². The number of alkyl halides is 2. The number of aryl methyl sites for hydroxylation is 1. The molecule has 0 aliphatic carbocycles. The van der Waals surface area contributed by atoms with Gasteiger partial charge in [0.1, 0.15) is 11.8 Å². The van der Waals surface area contributed by atoms with Crippen molar-refractivity contribution in [2.24, 2.45) is 0 Å². The number of hydrogen-bond donors (Lipinski definition) is 2. The molecule has 1 aromatic carbocycles. The molecule has 0 radical (unpaired) electrons. The van der Waals surface area contributed by atoms with Crippen molar-refractivity contribution in [1.29, 1.82) is 0 Å². The molecule has 0 saturated heterocycles. The van der Waals surface area contributed by atoms with E-state index in [1.807, 2.05) is 0 Å². The fourth-order valence-electron chi connectivity index (χ4n) is 1.35. The number of aliphatic hydroxyl groups is 1. The Kier molecular flexibility index (Phi) is 4.33. The molecule has 1 unspecified atom stereocenters. The number of nitrogens with zero attached hydrogens (tertiary/aromatic N) is 1. The number of benzene rings is 1. The highest BCUT2D eigenvalue weighted by Crippen LogP contribution is 2.27. The first-order valence-electron chi connectivity index (χ1n) is 4.87. The molecule has 1 atom stereocenters. The topological polar surface area (TPSA) is 75.4 Å². The molecular formula is C10H12F2N2O3. The summed E-state index contributed by atoms with van der Waals surface area (Å²) in [5.74, 6) is 0. The first-order valence-corrected chi connectivity index (χ1v) is 4.87. The summed E-state index contributed by atoms with van der Waals surface area (Å²) in [6.07, 6.45) is -4.73. The minimum absolute atomic E-state index is 0.120. The van der Waals surface area contributed by atoms with Crippen molar-refractivity contribution in [3.05, 3.63) is 33.9 Å². The third kappa shape index (κ3) is 3.35. The number of anilines is 1. The lowest BCUT2D eigenvalue weighted by Gasteiger charge is -2.12. The quantitative estimate of drug-likeness (QED) is 0.615. The summed E-state index contributed by atoms with van der Waals surface area (Å²) in [4.78, 5) is 10.2. The Bertz CT molecular complexity index is 413. The molecule has 0 aromatic heterocycles. The lowest BCUT2D eigenvalue weighted by Crippen LogP contribution is -2.27. The number of para-hydroxylation sites is 1.